The van der Waals surface area contributed by atoms with Gasteiger partial charge in [-0.05, 0) is 36.9 Å². The quantitative estimate of drug-likeness (QED) is 0.577. The Labute approximate surface area is 135 Å². The third-order valence-electron chi connectivity index (χ3n) is 3.40. The molecule has 2 aromatic heterocycles. The SMILES string of the molecule is CCCCCC(C)NC(c1cccs1)c1ccc(Cl)s1. The topological polar surface area (TPSA) is 12.0 Å². The lowest BCUT2D eigenvalue weighted by molar-refractivity contribution is 0.460. The molecule has 2 aromatic rings. The molecule has 1 nitrogen and oxygen atoms in total. The maximum absolute atomic E-state index is 6.10. The van der Waals surface area contributed by atoms with Gasteiger partial charge in [0, 0.05) is 15.8 Å². The van der Waals surface area contributed by atoms with Gasteiger partial charge in [0.1, 0.15) is 0 Å². The molecule has 0 saturated carbocycles. The summed E-state index contributed by atoms with van der Waals surface area (Å²) in [7, 11) is 0. The molecule has 0 aliphatic heterocycles. The number of nitrogens with one attached hydrogen (secondary N) is 1. The van der Waals surface area contributed by atoms with Crippen LogP contribution in [0.25, 0.3) is 0 Å². The number of thiophene rings is 2. The first-order chi connectivity index (χ1) is 9.70. The fourth-order valence-corrected chi connectivity index (χ4v) is 4.33. The maximum atomic E-state index is 6.10. The van der Waals surface area contributed by atoms with Gasteiger partial charge in [-0.15, -0.1) is 22.7 Å². The van der Waals surface area contributed by atoms with Crippen LogP contribution >= 0.6 is 34.3 Å². The Morgan fingerprint density at radius 3 is 2.65 bits per heavy atom. The van der Waals surface area contributed by atoms with Crippen LogP contribution in [0.3, 0.4) is 0 Å². The van der Waals surface area contributed by atoms with Crippen LogP contribution in [0, 0.1) is 0 Å². The van der Waals surface area contributed by atoms with E-state index in [1.807, 2.05) is 6.07 Å². The van der Waals surface area contributed by atoms with Crippen molar-refractivity contribution in [1.82, 2.24) is 5.32 Å². The number of unbranched alkanes of at least 4 members (excludes halogenated alkanes) is 2. The summed E-state index contributed by atoms with van der Waals surface area (Å²) in [6.07, 6.45) is 5.13. The second kappa shape index (κ2) is 8.18. The van der Waals surface area contributed by atoms with E-state index in [2.05, 4.69) is 42.7 Å². The summed E-state index contributed by atoms with van der Waals surface area (Å²) in [5, 5.41) is 5.91. The first-order valence-electron chi connectivity index (χ1n) is 7.25. The Kier molecular flexibility index (Phi) is 6.56. The molecule has 20 heavy (non-hydrogen) atoms. The number of halogens is 1. The molecule has 0 fully saturated rings. The molecule has 0 bridgehead atoms. The van der Waals surface area contributed by atoms with Gasteiger partial charge in [0.25, 0.3) is 0 Å². The Balaban J connectivity index is 2.04. The first-order valence-corrected chi connectivity index (χ1v) is 9.32. The summed E-state index contributed by atoms with van der Waals surface area (Å²) in [5.74, 6) is 0. The first kappa shape index (κ1) is 16.0. The number of rotatable bonds is 8. The fraction of sp³-hybridized carbons (Fsp3) is 0.500. The zero-order valence-electron chi connectivity index (χ0n) is 12.1. The summed E-state index contributed by atoms with van der Waals surface area (Å²) >= 11 is 9.58. The van der Waals surface area contributed by atoms with E-state index in [9.17, 15) is 0 Å². The summed E-state index contributed by atoms with van der Waals surface area (Å²) in [6.45, 7) is 4.53. The molecule has 2 unspecified atom stereocenters. The van der Waals surface area contributed by atoms with Gasteiger partial charge in [0.05, 0.1) is 10.4 Å². The minimum atomic E-state index is 0.282. The van der Waals surface area contributed by atoms with Crippen LogP contribution in [0.2, 0.25) is 4.34 Å². The minimum absolute atomic E-state index is 0.282. The summed E-state index contributed by atoms with van der Waals surface area (Å²) < 4.78 is 0.863. The highest BCUT2D eigenvalue weighted by Gasteiger charge is 2.19. The van der Waals surface area contributed by atoms with Gasteiger partial charge in [0.2, 0.25) is 0 Å². The number of hydrogen-bond acceptors (Lipinski definition) is 3. The third kappa shape index (κ3) is 4.59. The molecule has 4 heteroatoms. The van der Waals surface area contributed by atoms with Crippen LogP contribution < -0.4 is 5.32 Å². The van der Waals surface area contributed by atoms with E-state index in [1.165, 1.54) is 35.4 Å². The van der Waals surface area contributed by atoms with Crippen LogP contribution in [0.5, 0.6) is 0 Å². The van der Waals surface area contributed by atoms with E-state index in [1.54, 1.807) is 22.7 Å². The average molecular weight is 328 g/mol. The molecule has 0 aliphatic carbocycles. The van der Waals surface area contributed by atoms with Crippen molar-refractivity contribution in [3.63, 3.8) is 0 Å². The largest absolute Gasteiger partial charge is 0.302 e. The van der Waals surface area contributed by atoms with Crippen molar-refractivity contribution in [3.05, 3.63) is 43.7 Å². The second-order valence-electron chi connectivity index (χ2n) is 5.15. The molecule has 0 aliphatic rings. The van der Waals surface area contributed by atoms with Gasteiger partial charge < -0.3 is 5.32 Å². The van der Waals surface area contributed by atoms with E-state index in [-0.39, 0.29) is 6.04 Å². The lowest BCUT2D eigenvalue weighted by atomic mass is 10.1. The molecule has 0 radical (unpaired) electrons. The summed E-state index contributed by atoms with van der Waals surface area (Å²) in [5.41, 5.74) is 0. The van der Waals surface area contributed by atoms with Gasteiger partial charge in [0.15, 0.2) is 0 Å². The maximum Gasteiger partial charge on any atom is 0.0931 e. The smallest absolute Gasteiger partial charge is 0.0931 e. The summed E-state index contributed by atoms with van der Waals surface area (Å²) in [4.78, 5) is 2.67. The van der Waals surface area contributed by atoms with Crippen molar-refractivity contribution in [2.45, 2.75) is 51.6 Å². The van der Waals surface area contributed by atoms with E-state index >= 15 is 0 Å². The predicted octanol–water partition coefficient (Wildman–Crippen LogP) is 6.11. The lowest BCUT2D eigenvalue weighted by Gasteiger charge is -2.21. The number of hydrogen-bond donors (Lipinski definition) is 1. The molecule has 1 N–H and O–H groups in total. The predicted molar refractivity (Wildman–Crippen MR) is 92.2 cm³/mol. The monoisotopic (exact) mass is 327 g/mol. The molecule has 0 aromatic carbocycles. The summed E-state index contributed by atoms with van der Waals surface area (Å²) in [6, 6.07) is 9.26. The Hall–Kier alpha value is -0.350. The molecular weight excluding hydrogens is 306 g/mol. The Bertz CT molecular complexity index is 492. The van der Waals surface area contributed by atoms with Crippen molar-refractivity contribution in [1.29, 1.82) is 0 Å². The van der Waals surface area contributed by atoms with Gasteiger partial charge >= 0.3 is 0 Å². The zero-order chi connectivity index (χ0) is 14.4. The van der Waals surface area contributed by atoms with Crippen LogP contribution in [-0.2, 0) is 0 Å². The molecule has 0 spiro atoms. The standard InChI is InChI=1S/C16H22ClNS2/c1-3-4-5-7-12(2)18-16(13-8-6-11-19-13)14-9-10-15(17)20-14/h6,8-12,16,18H,3-5,7H2,1-2H3. The molecule has 2 heterocycles. The highest BCUT2D eigenvalue weighted by molar-refractivity contribution is 7.16. The van der Waals surface area contributed by atoms with Crippen molar-refractivity contribution in [2.75, 3.05) is 0 Å². The molecule has 110 valence electrons. The van der Waals surface area contributed by atoms with Crippen molar-refractivity contribution in [2.24, 2.45) is 0 Å². The Morgan fingerprint density at radius 2 is 2.05 bits per heavy atom. The van der Waals surface area contributed by atoms with Crippen LogP contribution in [0.15, 0.2) is 29.6 Å². The fourth-order valence-electron chi connectivity index (χ4n) is 2.31. The van der Waals surface area contributed by atoms with Gasteiger partial charge in [-0.2, -0.15) is 0 Å². The Morgan fingerprint density at radius 1 is 1.20 bits per heavy atom. The molecule has 2 rings (SSSR count). The molecule has 0 saturated heterocycles. The lowest BCUT2D eigenvalue weighted by Crippen LogP contribution is -2.30. The second-order valence-corrected chi connectivity index (χ2v) is 7.88. The van der Waals surface area contributed by atoms with Gasteiger partial charge in [-0.25, -0.2) is 0 Å². The van der Waals surface area contributed by atoms with E-state index in [0.29, 0.717) is 6.04 Å². The zero-order valence-corrected chi connectivity index (χ0v) is 14.5. The van der Waals surface area contributed by atoms with Gasteiger partial charge in [-0.1, -0.05) is 43.9 Å². The molecule has 2 atom stereocenters. The van der Waals surface area contributed by atoms with Crippen LogP contribution in [0.4, 0.5) is 0 Å². The van der Waals surface area contributed by atoms with Crippen molar-refractivity contribution < 1.29 is 0 Å². The normalized spacial score (nSPS) is 14.3. The van der Waals surface area contributed by atoms with Crippen molar-refractivity contribution >= 4 is 34.3 Å². The van der Waals surface area contributed by atoms with E-state index in [0.717, 1.165) is 4.34 Å². The van der Waals surface area contributed by atoms with Crippen LogP contribution in [-0.4, -0.2) is 6.04 Å². The molecular formula is C16H22ClNS2. The van der Waals surface area contributed by atoms with E-state index < -0.39 is 0 Å². The van der Waals surface area contributed by atoms with Gasteiger partial charge in [-0.3, -0.25) is 0 Å². The van der Waals surface area contributed by atoms with Crippen molar-refractivity contribution in [3.8, 4) is 0 Å². The van der Waals surface area contributed by atoms with Crippen LogP contribution in [0.1, 0.15) is 55.3 Å². The average Bonchev–Trinajstić information content (AvgIpc) is 3.07. The molecule has 0 amide bonds. The van der Waals surface area contributed by atoms with E-state index in [4.69, 9.17) is 11.6 Å². The highest BCUT2D eigenvalue weighted by atomic mass is 35.5. The highest BCUT2D eigenvalue weighted by Crippen LogP contribution is 2.33. The minimum Gasteiger partial charge on any atom is -0.302 e. The third-order valence-corrected chi connectivity index (χ3v) is 5.63.